The predicted octanol–water partition coefficient (Wildman–Crippen LogP) is 4.58. The van der Waals surface area contributed by atoms with Crippen LogP contribution in [0.1, 0.15) is 27.0 Å². The third-order valence-electron chi connectivity index (χ3n) is 4.82. The molecule has 1 N–H and O–H groups in total. The third-order valence-corrected chi connectivity index (χ3v) is 4.82. The molecule has 3 aromatic carbocycles. The highest BCUT2D eigenvalue weighted by molar-refractivity contribution is 6.05. The molecule has 0 unspecified atom stereocenters. The lowest BCUT2D eigenvalue weighted by molar-refractivity contribution is -0.142. The second-order valence-corrected chi connectivity index (χ2v) is 6.94. The number of rotatable bonds is 8. The Bertz CT molecular complexity index is 1010. The van der Waals surface area contributed by atoms with E-state index in [9.17, 15) is 9.59 Å². The minimum Gasteiger partial charge on any atom is -0.482 e. The Morgan fingerprint density at radius 2 is 1.63 bits per heavy atom. The van der Waals surface area contributed by atoms with E-state index in [1.54, 1.807) is 18.2 Å². The molecule has 0 radical (unpaired) electrons. The van der Waals surface area contributed by atoms with Gasteiger partial charge in [-0.3, -0.25) is 4.79 Å². The summed E-state index contributed by atoms with van der Waals surface area (Å²) in [7, 11) is 1.31. The number of esters is 1. The number of anilines is 1. The zero-order valence-electron chi connectivity index (χ0n) is 17.2. The van der Waals surface area contributed by atoms with Crippen LogP contribution >= 0.6 is 0 Å². The Balaban J connectivity index is 1.68. The lowest BCUT2D eigenvalue weighted by Gasteiger charge is -2.13. The van der Waals surface area contributed by atoms with Gasteiger partial charge in [0.1, 0.15) is 5.75 Å². The van der Waals surface area contributed by atoms with Gasteiger partial charge in [0.15, 0.2) is 6.61 Å². The SMILES string of the molecule is COC(=O)COc1ccc(NC(=O)c2ccccc2CCc2ccccc2)c(C)c1. The Morgan fingerprint density at radius 1 is 0.900 bits per heavy atom. The second-order valence-electron chi connectivity index (χ2n) is 6.94. The summed E-state index contributed by atoms with van der Waals surface area (Å²) in [5.74, 6) is -0.0544. The molecule has 3 rings (SSSR count). The number of aryl methyl sites for hydroxylation is 3. The molecule has 0 heterocycles. The van der Waals surface area contributed by atoms with Crippen LogP contribution < -0.4 is 10.1 Å². The molecule has 154 valence electrons. The van der Waals surface area contributed by atoms with Crippen LogP contribution in [0.25, 0.3) is 0 Å². The van der Waals surface area contributed by atoms with Crippen molar-refractivity contribution in [2.75, 3.05) is 19.0 Å². The first-order valence-electron chi connectivity index (χ1n) is 9.80. The van der Waals surface area contributed by atoms with Crippen LogP contribution in [0.3, 0.4) is 0 Å². The number of amides is 1. The average molecular weight is 403 g/mol. The highest BCUT2D eigenvalue weighted by Gasteiger charge is 2.13. The monoisotopic (exact) mass is 403 g/mol. The van der Waals surface area contributed by atoms with Crippen molar-refractivity contribution in [3.8, 4) is 5.75 Å². The van der Waals surface area contributed by atoms with Crippen molar-refractivity contribution in [1.82, 2.24) is 0 Å². The van der Waals surface area contributed by atoms with Gasteiger partial charge in [0.2, 0.25) is 0 Å². The van der Waals surface area contributed by atoms with Crippen LogP contribution in [0.15, 0.2) is 72.8 Å². The van der Waals surface area contributed by atoms with Crippen molar-refractivity contribution in [3.05, 3.63) is 95.1 Å². The maximum atomic E-state index is 12.9. The van der Waals surface area contributed by atoms with Crippen LogP contribution in [-0.2, 0) is 22.4 Å². The molecule has 0 aliphatic rings. The maximum Gasteiger partial charge on any atom is 0.343 e. The number of carbonyl (C=O) groups excluding carboxylic acids is 2. The largest absolute Gasteiger partial charge is 0.482 e. The van der Waals surface area contributed by atoms with Crippen LogP contribution in [0.4, 0.5) is 5.69 Å². The quantitative estimate of drug-likeness (QED) is 0.559. The summed E-state index contributed by atoms with van der Waals surface area (Å²) in [5.41, 5.74) is 4.45. The van der Waals surface area contributed by atoms with E-state index in [0.29, 0.717) is 17.0 Å². The van der Waals surface area contributed by atoms with E-state index in [0.717, 1.165) is 24.0 Å². The molecule has 5 nitrogen and oxygen atoms in total. The molecular formula is C25H25NO4. The molecule has 0 aliphatic carbocycles. The molecule has 30 heavy (non-hydrogen) atoms. The van der Waals surface area contributed by atoms with E-state index in [-0.39, 0.29) is 12.5 Å². The Hall–Kier alpha value is -3.60. The first-order valence-corrected chi connectivity index (χ1v) is 9.80. The van der Waals surface area contributed by atoms with Gasteiger partial charge in [0.25, 0.3) is 5.91 Å². The lowest BCUT2D eigenvalue weighted by Crippen LogP contribution is -2.16. The fourth-order valence-corrected chi connectivity index (χ4v) is 3.14. The fraction of sp³-hybridized carbons (Fsp3) is 0.200. The van der Waals surface area contributed by atoms with E-state index in [1.165, 1.54) is 12.7 Å². The lowest BCUT2D eigenvalue weighted by atomic mass is 9.99. The Morgan fingerprint density at radius 3 is 2.37 bits per heavy atom. The Labute approximate surface area is 176 Å². The topological polar surface area (TPSA) is 64.6 Å². The summed E-state index contributed by atoms with van der Waals surface area (Å²) in [4.78, 5) is 24.1. The number of hydrogen-bond donors (Lipinski definition) is 1. The zero-order valence-corrected chi connectivity index (χ0v) is 17.2. The number of carbonyl (C=O) groups is 2. The summed E-state index contributed by atoms with van der Waals surface area (Å²) >= 11 is 0. The number of nitrogens with one attached hydrogen (secondary N) is 1. The molecule has 0 fully saturated rings. The van der Waals surface area contributed by atoms with Crippen LogP contribution in [0, 0.1) is 6.92 Å². The van der Waals surface area contributed by atoms with E-state index in [4.69, 9.17) is 4.74 Å². The minimum absolute atomic E-state index is 0.148. The molecule has 0 saturated heterocycles. The molecule has 5 heteroatoms. The first-order chi connectivity index (χ1) is 14.6. The zero-order chi connectivity index (χ0) is 21.3. The number of benzene rings is 3. The molecule has 0 saturated carbocycles. The van der Waals surface area contributed by atoms with E-state index < -0.39 is 5.97 Å². The fourth-order valence-electron chi connectivity index (χ4n) is 3.14. The normalized spacial score (nSPS) is 10.3. The average Bonchev–Trinajstić information content (AvgIpc) is 2.78. The molecule has 1 amide bonds. The summed E-state index contributed by atoms with van der Waals surface area (Å²) < 4.78 is 9.96. The first kappa shape index (κ1) is 21.1. The van der Waals surface area contributed by atoms with Gasteiger partial charge in [-0.2, -0.15) is 0 Å². The number of ether oxygens (including phenoxy) is 2. The van der Waals surface area contributed by atoms with Gasteiger partial charge in [0, 0.05) is 11.3 Å². The van der Waals surface area contributed by atoms with Gasteiger partial charge in [0.05, 0.1) is 7.11 Å². The molecule has 3 aromatic rings. The molecule has 0 bridgehead atoms. The highest BCUT2D eigenvalue weighted by Crippen LogP contribution is 2.23. The minimum atomic E-state index is -0.447. The summed E-state index contributed by atoms with van der Waals surface area (Å²) in [6.07, 6.45) is 1.66. The van der Waals surface area contributed by atoms with E-state index in [2.05, 4.69) is 22.2 Å². The smallest absolute Gasteiger partial charge is 0.343 e. The Kier molecular flexibility index (Phi) is 7.22. The van der Waals surface area contributed by atoms with Gasteiger partial charge >= 0.3 is 5.97 Å². The number of hydrogen-bond acceptors (Lipinski definition) is 4. The third kappa shape index (κ3) is 5.70. The van der Waals surface area contributed by atoms with Crippen molar-refractivity contribution in [2.45, 2.75) is 19.8 Å². The van der Waals surface area contributed by atoms with Crippen LogP contribution in [-0.4, -0.2) is 25.6 Å². The molecule has 0 atom stereocenters. The molecular weight excluding hydrogens is 378 g/mol. The summed E-state index contributed by atoms with van der Waals surface area (Å²) in [5, 5.41) is 2.98. The van der Waals surface area contributed by atoms with E-state index >= 15 is 0 Å². The second kappa shape index (κ2) is 10.3. The van der Waals surface area contributed by atoms with Crippen LogP contribution in [0.2, 0.25) is 0 Å². The molecule has 0 aliphatic heterocycles. The van der Waals surface area contributed by atoms with Gasteiger partial charge in [-0.25, -0.2) is 4.79 Å². The maximum absolute atomic E-state index is 12.9. The van der Waals surface area contributed by atoms with Gasteiger partial charge in [-0.05, 0) is 60.7 Å². The van der Waals surface area contributed by atoms with Gasteiger partial charge in [-0.15, -0.1) is 0 Å². The highest BCUT2D eigenvalue weighted by atomic mass is 16.6. The van der Waals surface area contributed by atoms with Crippen LogP contribution in [0.5, 0.6) is 5.75 Å². The standard InChI is InChI=1S/C25H25NO4/c1-18-16-21(30-17-24(27)29-2)14-15-23(18)26-25(28)22-11-7-6-10-20(22)13-12-19-8-4-3-5-9-19/h3-11,14-16H,12-13,17H2,1-2H3,(H,26,28). The number of methoxy groups -OCH3 is 1. The van der Waals surface area contributed by atoms with E-state index in [1.807, 2.05) is 49.4 Å². The molecule has 0 spiro atoms. The van der Waals surface area contributed by atoms with Gasteiger partial charge < -0.3 is 14.8 Å². The van der Waals surface area contributed by atoms with Crippen molar-refractivity contribution in [3.63, 3.8) is 0 Å². The molecule has 0 aromatic heterocycles. The van der Waals surface area contributed by atoms with Crippen molar-refractivity contribution < 1.29 is 19.1 Å². The van der Waals surface area contributed by atoms with Crippen molar-refractivity contribution >= 4 is 17.6 Å². The van der Waals surface area contributed by atoms with Crippen molar-refractivity contribution in [2.24, 2.45) is 0 Å². The summed E-state index contributed by atoms with van der Waals surface area (Å²) in [6, 6.07) is 23.2. The summed E-state index contributed by atoms with van der Waals surface area (Å²) in [6.45, 7) is 1.72. The van der Waals surface area contributed by atoms with Crippen molar-refractivity contribution in [1.29, 1.82) is 0 Å². The predicted molar refractivity (Wildman–Crippen MR) is 117 cm³/mol. The van der Waals surface area contributed by atoms with Gasteiger partial charge in [-0.1, -0.05) is 48.5 Å².